The number of rotatable bonds is 7. The van der Waals surface area contributed by atoms with Gasteiger partial charge in [-0.15, -0.1) is 0 Å². The van der Waals surface area contributed by atoms with Crippen LogP contribution in [0.1, 0.15) is 30.0 Å². The van der Waals surface area contributed by atoms with E-state index in [-0.39, 0.29) is 12.0 Å². The molecule has 0 spiro atoms. The number of nitrogens with zero attached hydrogens (tertiary/aromatic N) is 1. The van der Waals surface area contributed by atoms with E-state index in [1.165, 1.54) is 12.1 Å². The van der Waals surface area contributed by atoms with E-state index in [4.69, 9.17) is 0 Å². The van der Waals surface area contributed by atoms with Gasteiger partial charge >= 0.3 is 5.97 Å². The standard InChI is InChI=1S/C27H25NO6/c1-19(29)26(24(30)31)18-27(32,22-15-9-4-10-16-22)23(28(33)34)25(26,21-13-7-3-8-14-21)17-20-11-5-2-6-12-20/h2-16,23,32H,17-18H2,1H3,(H,30,31)/t23-,25-,26+,27-/m0/s1. The molecule has 3 aromatic rings. The van der Waals surface area contributed by atoms with E-state index in [1.807, 2.05) is 0 Å². The molecule has 7 heteroatoms. The Bertz CT molecular complexity index is 1200. The zero-order valence-electron chi connectivity index (χ0n) is 18.6. The van der Waals surface area contributed by atoms with E-state index in [1.54, 1.807) is 78.9 Å². The fourth-order valence-electron chi connectivity index (χ4n) is 5.90. The first-order valence-corrected chi connectivity index (χ1v) is 11.0. The summed E-state index contributed by atoms with van der Waals surface area (Å²) in [7, 11) is 0. The summed E-state index contributed by atoms with van der Waals surface area (Å²) in [5.41, 5.74) is -5.19. The monoisotopic (exact) mass is 459 g/mol. The summed E-state index contributed by atoms with van der Waals surface area (Å²) >= 11 is 0. The Morgan fingerprint density at radius 1 is 0.912 bits per heavy atom. The maximum absolute atomic E-state index is 13.4. The van der Waals surface area contributed by atoms with Gasteiger partial charge in [-0.05, 0) is 30.0 Å². The highest BCUT2D eigenvalue weighted by Gasteiger charge is 2.80. The molecule has 3 aromatic carbocycles. The molecule has 1 aliphatic carbocycles. The van der Waals surface area contributed by atoms with Crippen molar-refractivity contribution < 1.29 is 24.7 Å². The van der Waals surface area contributed by atoms with Crippen molar-refractivity contribution in [1.82, 2.24) is 0 Å². The first-order chi connectivity index (χ1) is 16.2. The van der Waals surface area contributed by atoms with Crippen LogP contribution in [0.15, 0.2) is 91.0 Å². The number of carbonyl (C=O) groups excluding carboxylic acids is 1. The normalized spacial score (nSPS) is 28.4. The Kier molecular flexibility index (Phi) is 5.83. The summed E-state index contributed by atoms with van der Waals surface area (Å²) in [5, 5.41) is 35.5. The SMILES string of the molecule is CC(=O)[C@@]1(C(=O)O)C[C@](O)(c2ccccc2)[C@@H]([N+](=O)[O-])[C@]1(Cc1ccccc1)c1ccccc1. The van der Waals surface area contributed by atoms with Gasteiger partial charge < -0.3 is 10.2 Å². The van der Waals surface area contributed by atoms with Crippen molar-refractivity contribution in [3.63, 3.8) is 0 Å². The van der Waals surface area contributed by atoms with Crippen molar-refractivity contribution in [1.29, 1.82) is 0 Å². The number of nitro groups is 1. The van der Waals surface area contributed by atoms with Crippen LogP contribution in [0.25, 0.3) is 0 Å². The fraction of sp³-hybridized carbons (Fsp3) is 0.259. The molecular weight excluding hydrogens is 434 g/mol. The second-order valence-electron chi connectivity index (χ2n) is 8.92. The minimum Gasteiger partial charge on any atom is -0.480 e. The zero-order valence-corrected chi connectivity index (χ0v) is 18.6. The second-order valence-corrected chi connectivity index (χ2v) is 8.92. The smallest absolute Gasteiger partial charge is 0.318 e. The first kappa shape index (κ1) is 23.3. The number of benzene rings is 3. The van der Waals surface area contributed by atoms with E-state index in [2.05, 4.69) is 0 Å². The van der Waals surface area contributed by atoms with Crippen molar-refractivity contribution in [3.8, 4) is 0 Å². The zero-order chi connectivity index (χ0) is 24.6. The Labute approximate surface area is 196 Å². The number of aliphatic carboxylic acids is 1. The Hall–Kier alpha value is -3.84. The number of hydrogen-bond donors (Lipinski definition) is 2. The molecule has 0 bridgehead atoms. The summed E-state index contributed by atoms with van der Waals surface area (Å²) < 4.78 is 0. The molecule has 7 nitrogen and oxygen atoms in total. The number of carbonyl (C=O) groups is 2. The number of carboxylic acids is 1. The van der Waals surface area contributed by atoms with Crippen molar-refractivity contribution in [2.75, 3.05) is 0 Å². The van der Waals surface area contributed by atoms with Gasteiger partial charge in [0.1, 0.15) is 11.2 Å². The van der Waals surface area contributed by atoms with Crippen molar-refractivity contribution in [3.05, 3.63) is 118 Å². The molecule has 1 fully saturated rings. The molecule has 34 heavy (non-hydrogen) atoms. The van der Waals surface area contributed by atoms with Gasteiger partial charge in [-0.25, -0.2) is 0 Å². The molecule has 0 unspecified atom stereocenters. The van der Waals surface area contributed by atoms with Gasteiger partial charge in [0.2, 0.25) is 0 Å². The third kappa shape index (κ3) is 3.23. The summed E-state index contributed by atoms with van der Waals surface area (Å²) in [4.78, 5) is 38.7. The Morgan fingerprint density at radius 2 is 1.38 bits per heavy atom. The summed E-state index contributed by atoms with van der Waals surface area (Å²) in [6.07, 6.45) is -0.743. The third-order valence-corrected chi connectivity index (χ3v) is 7.28. The lowest BCUT2D eigenvalue weighted by atomic mass is 9.56. The summed E-state index contributed by atoms with van der Waals surface area (Å²) in [5.74, 6) is -2.23. The molecule has 0 heterocycles. The van der Waals surface area contributed by atoms with Gasteiger partial charge in [0, 0.05) is 11.3 Å². The van der Waals surface area contributed by atoms with Crippen LogP contribution in [-0.2, 0) is 27.0 Å². The molecule has 0 aromatic heterocycles. The fourth-order valence-corrected chi connectivity index (χ4v) is 5.90. The van der Waals surface area contributed by atoms with Crippen LogP contribution in [0.2, 0.25) is 0 Å². The van der Waals surface area contributed by atoms with Crippen molar-refractivity contribution in [2.45, 2.75) is 36.8 Å². The highest BCUT2D eigenvalue weighted by molar-refractivity contribution is 6.05. The van der Waals surface area contributed by atoms with Gasteiger partial charge in [-0.2, -0.15) is 0 Å². The topological polar surface area (TPSA) is 118 Å². The summed E-state index contributed by atoms with van der Waals surface area (Å²) in [6, 6.07) is 23.2. The highest BCUT2D eigenvalue weighted by atomic mass is 16.6. The van der Waals surface area contributed by atoms with Gasteiger partial charge in [-0.1, -0.05) is 91.0 Å². The molecule has 0 amide bonds. The predicted octanol–water partition coefficient (Wildman–Crippen LogP) is 3.76. The second kappa shape index (κ2) is 8.50. The number of Topliss-reactive ketones (excluding diaryl/α,β-unsaturated/α-hetero) is 1. The van der Waals surface area contributed by atoms with E-state index in [0.29, 0.717) is 11.1 Å². The van der Waals surface area contributed by atoms with Crippen molar-refractivity contribution in [2.24, 2.45) is 5.41 Å². The van der Waals surface area contributed by atoms with Crippen LogP contribution >= 0.6 is 0 Å². The number of carboxylic acid groups (broad SMARTS) is 1. The quantitative estimate of drug-likeness (QED) is 0.316. The number of hydrogen-bond acceptors (Lipinski definition) is 5. The predicted molar refractivity (Wildman–Crippen MR) is 125 cm³/mol. The van der Waals surface area contributed by atoms with E-state index < -0.39 is 45.6 Å². The van der Waals surface area contributed by atoms with Crippen molar-refractivity contribution >= 4 is 11.8 Å². The maximum Gasteiger partial charge on any atom is 0.318 e. The van der Waals surface area contributed by atoms with E-state index in [9.17, 15) is 29.9 Å². The minimum atomic E-state index is -2.26. The van der Waals surface area contributed by atoms with E-state index >= 15 is 0 Å². The molecule has 0 radical (unpaired) electrons. The van der Waals surface area contributed by atoms with Crippen LogP contribution in [0.3, 0.4) is 0 Å². The van der Waals surface area contributed by atoms with Gasteiger partial charge in [0.05, 0.1) is 5.41 Å². The van der Waals surface area contributed by atoms with E-state index in [0.717, 1.165) is 6.92 Å². The molecule has 1 saturated carbocycles. The third-order valence-electron chi connectivity index (χ3n) is 7.28. The first-order valence-electron chi connectivity index (χ1n) is 11.0. The molecule has 0 aliphatic heterocycles. The van der Waals surface area contributed by atoms with Crippen LogP contribution in [0, 0.1) is 15.5 Å². The van der Waals surface area contributed by atoms with Crippen LogP contribution in [0.5, 0.6) is 0 Å². The lowest BCUT2D eigenvalue weighted by Gasteiger charge is -2.42. The van der Waals surface area contributed by atoms with Gasteiger partial charge in [0.25, 0.3) is 6.04 Å². The number of ketones is 1. The van der Waals surface area contributed by atoms with Gasteiger partial charge in [0.15, 0.2) is 5.60 Å². The minimum absolute atomic E-state index is 0.121. The molecule has 4 rings (SSSR count). The Balaban J connectivity index is 2.16. The highest BCUT2D eigenvalue weighted by Crippen LogP contribution is 2.64. The molecule has 1 aliphatic rings. The molecule has 2 N–H and O–H groups in total. The molecule has 4 atom stereocenters. The molecule has 0 saturated heterocycles. The number of aliphatic hydroxyl groups is 1. The average molecular weight is 459 g/mol. The Morgan fingerprint density at radius 3 is 1.82 bits per heavy atom. The van der Waals surface area contributed by atoms with Gasteiger partial charge in [-0.3, -0.25) is 19.7 Å². The lowest BCUT2D eigenvalue weighted by molar-refractivity contribution is -0.555. The molecular formula is C27H25NO6. The van der Waals surface area contributed by atoms with Crippen LogP contribution in [0.4, 0.5) is 0 Å². The average Bonchev–Trinajstić information content (AvgIpc) is 3.09. The lowest BCUT2D eigenvalue weighted by Crippen LogP contribution is -2.60. The molecule has 174 valence electrons. The maximum atomic E-state index is 13.4. The largest absolute Gasteiger partial charge is 0.480 e. The summed E-state index contributed by atoms with van der Waals surface area (Å²) in [6.45, 7) is 1.14. The van der Waals surface area contributed by atoms with Crippen LogP contribution in [-0.4, -0.2) is 32.9 Å². The van der Waals surface area contributed by atoms with Crippen LogP contribution < -0.4 is 0 Å².